The zero-order chi connectivity index (χ0) is 27.5. The van der Waals surface area contributed by atoms with E-state index < -0.39 is 11.8 Å². The maximum Gasteiger partial charge on any atom is 0.247 e. The standard InChI is InChI=1S/C31H31N5O3/c1-21(2)36(24-15-13-22(3)14-16-24)29(37)20-34-17-18-35(23-9-5-4-6-10-23)31(39)26(30(34)38)19-28-25-11-7-8-12-27(25)32-33-28/h4-18,21,26H,19-20H2,1-3H3,(H,32,33). The smallest absolute Gasteiger partial charge is 0.247 e. The number of nitrogens with zero attached hydrogens (tertiary/aromatic N) is 4. The SMILES string of the molecule is Cc1ccc(N(C(=O)CN2C=CN(c3ccccc3)C(=O)C(Cc3[nH]nc4ccccc34)C2=O)C(C)C)cc1. The molecule has 0 saturated carbocycles. The lowest BCUT2D eigenvalue weighted by Gasteiger charge is -2.29. The van der Waals surface area contributed by atoms with Crippen LogP contribution in [0.25, 0.3) is 10.9 Å². The van der Waals surface area contributed by atoms with Crippen molar-refractivity contribution in [2.75, 3.05) is 16.3 Å². The fraction of sp³-hybridized carbons (Fsp3) is 0.226. The summed E-state index contributed by atoms with van der Waals surface area (Å²) in [6.07, 6.45) is 3.23. The van der Waals surface area contributed by atoms with Gasteiger partial charge in [0.25, 0.3) is 0 Å². The summed E-state index contributed by atoms with van der Waals surface area (Å²) in [4.78, 5) is 45.9. The van der Waals surface area contributed by atoms with Crippen molar-refractivity contribution in [3.05, 3.63) is 103 Å². The average molecular weight is 522 g/mol. The number of aryl methyl sites for hydroxylation is 1. The number of para-hydroxylation sites is 2. The summed E-state index contributed by atoms with van der Waals surface area (Å²) in [5.74, 6) is -2.09. The van der Waals surface area contributed by atoms with Crippen LogP contribution in [0.3, 0.4) is 0 Å². The van der Waals surface area contributed by atoms with E-state index in [2.05, 4.69) is 10.2 Å². The van der Waals surface area contributed by atoms with Crippen molar-refractivity contribution >= 4 is 40.0 Å². The Morgan fingerprint density at radius 1 is 0.923 bits per heavy atom. The Morgan fingerprint density at radius 2 is 1.62 bits per heavy atom. The first kappa shape index (κ1) is 25.9. The van der Waals surface area contributed by atoms with E-state index in [-0.39, 0.29) is 30.8 Å². The molecule has 0 bridgehead atoms. The van der Waals surface area contributed by atoms with Crippen LogP contribution in [0, 0.1) is 12.8 Å². The second-order valence-corrected chi connectivity index (χ2v) is 9.98. The van der Waals surface area contributed by atoms with Crippen LogP contribution in [0.15, 0.2) is 91.3 Å². The number of nitrogens with one attached hydrogen (secondary N) is 1. The Kier molecular flexibility index (Phi) is 7.27. The largest absolute Gasteiger partial charge is 0.308 e. The number of benzene rings is 3. The molecular weight excluding hydrogens is 490 g/mol. The number of hydrogen-bond donors (Lipinski definition) is 1. The van der Waals surface area contributed by atoms with Gasteiger partial charge in [-0.2, -0.15) is 5.10 Å². The number of amides is 3. The van der Waals surface area contributed by atoms with Crippen molar-refractivity contribution in [1.29, 1.82) is 0 Å². The molecule has 8 nitrogen and oxygen atoms in total. The summed E-state index contributed by atoms with van der Waals surface area (Å²) < 4.78 is 0. The number of fused-ring (bicyclic) bond motifs is 1. The number of hydrogen-bond acceptors (Lipinski definition) is 4. The van der Waals surface area contributed by atoms with Crippen LogP contribution >= 0.6 is 0 Å². The minimum absolute atomic E-state index is 0.124. The molecule has 5 rings (SSSR count). The predicted molar refractivity (Wildman–Crippen MR) is 152 cm³/mol. The predicted octanol–water partition coefficient (Wildman–Crippen LogP) is 4.82. The van der Waals surface area contributed by atoms with Crippen molar-refractivity contribution in [2.45, 2.75) is 33.2 Å². The molecule has 1 aliphatic heterocycles. The van der Waals surface area contributed by atoms with Crippen LogP contribution in [-0.2, 0) is 20.8 Å². The zero-order valence-electron chi connectivity index (χ0n) is 22.2. The summed E-state index contributed by atoms with van der Waals surface area (Å²) in [6, 6.07) is 24.3. The molecule has 1 aliphatic rings. The molecule has 0 fully saturated rings. The molecule has 3 amide bonds. The highest BCUT2D eigenvalue weighted by Crippen LogP contribution is 2.27. The fourth-order valence-electron chi connectivity index (χ4n) is 4.91. The Hall–Kier alpha value is -4.72. The van der Waals surface area contributed by atoms with Crippen LogP contribution in [-0.4, -0.2) is 45.4 Å². The van der Waals surface area contributed by atoms with Gasteiger partial charge in [-0.3, -0.25) is 24.4 Å². The highest BCUT2D eigenvalue weighted by atomic mass is 16.2. The van der Waals surface area contributed by atoms with Gasteiger partial charge in [0.1, 0.15) is 12.5 Å². The summed E-state index contributed by atoms with van der Waals surface area (Å²) >= 11 is 0. The quantitative estimate of drug-likeness (QED) is 0.353. The van der Waals surface area contributed by atoms with E-state index >= 15 is 0 Å². The van der Waals surface area contributed by atoms with Gasteiger partial charge >= 0.3 is 0 Å². The first-order valence-corrected chi connectivity index (χ1v) is 13.0. The number of rotatable bonds is 7. The average Bonchev–Trinajstić information content (AvgIpc) is 3.30. The van der Waals surface area contributed by atoms with Crippen LogP contribution < -0.4 is 9.80 Å². The van der Waals surface area contributed by atoms with Gasteiger partial charge < -0.3 is 9.80 Å². The molecule has 2 heterocycles. The van der Waals surface area contributed by atoms with E-state index in [1.54, 1.807) is 11.1 Å². The molecule has 1 unspecified atom stereocenters. The molecule has 198 valence electrons. The van der Waals surface area contributed by atoms with E-state index in [1.807, 2.05) is 99.6 Å². The molecule has 3 aromatic carbocycles. The third-order valence-corrected chi connectivity index (χ3v) is 6.90. The number of carbonyl (C=O) groups is 3. The molecule has 1 N–H and O–H groups in total. The number of anilines is 2. The molecule has 0 radical (unpaired) electrons. The molecule has 0 aliphatic carbocycles. The molecule has 8 heteroatoms. The summed E-state index contributed by atoms with van der Waals surface area (Å²) in [6.45, 7) is 5.66. The van der Waals surface area contributed by atoms with Gasteiger partial charge in [0, 0.05) is 47.3 Å². The van der Waals surface area contributed by atoms with Gasteiger partial charge in [-0.15, -0.1) is 0 Å². The first-order valence-electron chi connectivity index (χ1n) is 13.0. The summed E-state index contributed by atoms with van der Waals surface area (Å²) in [7, 11) is 0. The van der Waals surface area contributed by atoms with E-state index in [1.165, 1.54) is 16.0 Å². The van der Waals surface area contributed by atoms with E-state index in [4.69, 9.17) is 0 Å². The monoisotopic (exact) mass is 521 g/mol. The number of carbonyl (C=O) groups excluding carboxylic acids is 3. The molecule has 0 spiro atoms. The minimum Gasteiger partial charge on any atom is -0.308 e. The number of aromatic amines is 1. The highest BCUT2D eigenvalue weighted by molar-refractivity contribution is 6.11. The third-order valence-electron chi connectivity index (χ3n) is 6.90. The summed E-state index contributed by atoms with van der Waals surface area (Å²) in [5, 5.41) is 8.19. The van der Waals surface area contributed by atoms with Crippen molar-refractivity contribution < 1.29 is 14.4 Å². The molecule has 1 aromatic heterocycles. The maximum absolute atomic E-state index is 13.9. The lowest BCUT2D eigenvalue weighted by atomic mass is 9.98. The Balaban J connectivity index is 1.48. The van der Waals surface area contributed by atoms with Crippen molar-refractivity contribution in [3.8, 4) is 0 Å². The van der Waals surface area contributed by atoms with E-state index in [0.717, 1.165) is 22.2 Å². The fourth-order valence-corrected chi connectivity index (χ4v) is 4.91. The van der Waals surface area contributed by atoms with Gasteiger partial charge in [-0.25, -0.2) is 0 Å². The molecule has 1 atom stereocenters. The van der Waals surface area contributed by atoms with Gasteiger partial charge in [0.05, 0.1) is 5.52 Å². The second-order valence-electron chi connectivity index (χ2n) is 9.98. The van der Waals surface area contributed by atoms with Gasteiger partial charge in [0.15, 0.2) is 0 Å². The van der Waals surface area contributed by atoms with Crippen molar-refractivity contribution in [2.24, 2.45) is 5.92 Å². The Labute approximate surface area is 227 Å². The third kappa shape index (κ3) is 5.31. The van der Waals surface area contributed by atoms with Crippen molar-refractivity contribution in [3.63, 3.8) is 0 Å². The number of H-pyrrole nitrogens is 1. The molecule has 39 heavy (non-hydrogen) atoms. The van der Waals surface area contributed by atoms with Gasteiger partial charge in [0.2, 0.25) is 17.7 Å². The second kappa shape index (κ2) is 10.9. The lowest BCUT2D eigenvalue weighted by molar-refractivity contribution is -0.140. The minimum atomic E-state index is -1.05. The topological polar surface area (TPSA) is 89.6 Å². The first-order chi connectivity index (χ1) is 18.8. The Morgan fingerprint density at radius 3 is 2.33 bits per heavy atom. The normalized spacial score (nSPS) is 15.7. The summed E-state index contributed by atoms with van der Waals surface area (Å²) in [5.41, 5.74) is 3.95. The van der Waals surface area contributed by atoms with Gasteiger partial charge in [-0.1, -0.05) is 54.1 Å². The molecule has 4 aromatic rings. The Bertz CT molecular complexity index is 1520. The highest BCUT2D eigenvalue weighted by Gasteiger charge is 2.38. The lowest BCUT2D eigenvalue weighted by Crippen LogP contribution is -2.46. The van der Waals surface area contributed by atoms with E-state index in [0.29, 0.717) is 11.4 Å². The van der Waals surface area contributed by atoms with Crippen LogP contribution in [0.1, 0.15) is 25.1 Å². The van der Waals surface area contributed by atoms with Crippen LogP contribution in [0.5, 0.6) is 0 Å². The molecular formula is C31H31N5O3. The van der Waals surface area contributed by atoms with Crippen molar-refractivity contribution in [1.82, 2.24) is 15.1 Å². The van der Waals surface area contributed by atoms with Crippen LogP contribution in [0.4, 0.5) is 11.4 Å². The maximum atomic E-state index is 13.9. The van der Waals surface area contributed by atoms with Gasteiger partial charge in [-0.05, 0) is 51.1 Å². The van der Waals surface area contributed by atoms with Crippen LogP contribution in [0.2, 0.25) is 0 Å². The number of aromatic nitrogens is 2. The molecule has 0 saturated heterocycles. The van der Waals surface area contributed by atoms with E-state index in [9.17, 15) is 14.4 Å². The zero-order valence-corrected chi connectivity index (χ0v) is 22.2.